The average molecular weight is 178 g/mol. The minimum atomic E-state index is -1.25. The predicted molar refractivity (Wildman–Crippen MR) is 35.4 cm³/mol. The molecule has 0 N–H and O–H groups in total. The summed E-state index contributed by atoms with van der Waals surface area (Å²) in [5, 5.41) is 0. The first-order valence-corrected chi connectivity index (χ1v) is 3.39. The lowest BCUT2D eigenvalue weighted by Gasteiger charge is -1.99. The molecule has 0 fully saturated rings. The molecule has 12 heavy (non-hydrogen) atoms. The van der Waals surface area contributed by atoms with Crippen LogP contribution >= 0.6 is 0 Å². The van der Waals surface area contributed by atoms with E-state index < -0.39 is 11.9 Å². The molecular formula is C6H10O6. The van der Waals surface area contributed by atoms with Crippen LogP contribution in [0.3, 0.4) is 0 Å². The number of hydrogen-bond acceptors (Lipinski definition) is 6. The molecule has 0 atom stereocenters. The van der Waals surface area contributed by atoms with Crippen LogP contribution in [0.5, 0.6) is 0 Å². The Hall–Kier alpha value is -1.14. The number of rotatable bonds is 4. The molecule has 0 aromatic carbocycles. The Balaban J connectivity index is 3.55. The summed E-state index contributed by atoms with van der Waals surface area (Å²) in [5.74, 6) is -2.49. The molecule has 0 aliphatic carbocycles. The van der Waals surface area contributed by atoms with Gasteiger partial charge in [0, 0.05) is 0 Å². The first-order chi connectivity index (χ1) is 5.72. The van der Waals surface area contributed by atoms with Crippen LogP contribution < -0.4 is 0 Å². The summed E-state index contributed by atoms with van der Waals surface area (Å²) in [6.45, 7) is 3.52. The van der Waals surface area contributed by atoms with E-state index in [1.165, 1.54) is 0 Å². The summed E-state index contributed by atoms with van der Waals surface area (Å²) in [6.07, 6.45) is 0. The van der Waals surface area contributed by atoms with E-state index >= 15 is 0 Å². The van der Waals surface area contributed by atoms with Gasteiger partial charge in [-0.3, -0.25) is 9.78 Å². The zero-order valence-electron chi connectivity index (χ0n) is 6.86. The molecule has 0 heterocycles. The molecule has 0 aromatic heterocycles. The van der Waals surface area contributed by atoms with Gasteiger partial charge >= 0.3 is 11.9 Å². The van der Waals surface area contributed by atoms with Gasteiger partial charge in [0.25, 0.3) is 0 Å². The highest BCUT2D eigenvalue weighted by Crippen LogP contribution is 1.87. The minimum absolute atomic E-state index is 0.160. The van der Waals surface area contributed by atoms with Gasteiger partial charge in [0.1, 0.15) is 0 Å². The van der Waals surface area contributed by atoms with Gasteiger partial charge in [-0.15, -0.1) is 0 Å². The minimum Gasteiger partial charge on any atom is -0.285 e. The molecule has 0 unspecified atom stereocenters. The van der Waals surface area contributed by atoms with E-state index in [-0.39, 0.29) is 13.2 Å². The van der Waals surface area contributed by atoms with Crippen molar-refractivity contribution in [2.24, 2.45) is 0 Å². The van der Waals surface area contributed by atoms with Gasteiger partial charge in [0.2, 0.25) is 0 Å². The highest BCUT2D eigenvalue weighted by Gasteiger charge is 2.19. The molecule has 0 aliphatic rings. The summed E-state index contributed by atoms with van der Waals surface area (Å²) in [6, 6.07) is 0. The van der Waals surface area contributed by atoms with Gasteiger partial charge in [-0.05, 0) is 13.8 Å². The van der Waals surface area contributed by atoms with Crippen molar-refractivity contribution in [2.45, 2.75) is 13.8 Å². The van der Waals surface area contributed by atoms with Gasteiger partial charge in [0.15, 0.2) is 0 Å². The van der Waals surface area contributed by atoms with E-state index in [4.69, 9.17) is 0 Å². The van der Waals surface area contributed by atoms with Gasteiger partial charge in [-0.25, -0.2) is 9.59 Å². The molecule has 0 radical (unpaired) electrons. The van der Waals surface area contributed by atoms with Gasteiger partial charge in [-0.1, -0.05) is 0 Å². The molecular weight excluding hydrogens is 168 g/mol. The van der Waals surface area contributed by atoms with Crippen LogP contribution in [0.2, 0.25) is 0 Å². The number of hydrogen-bond donors (Lipinski definition) is 0. The Morgan fingerprint density at radius 3 is 1.50 bits per heavy atom. The molecule has 0 bridgehead atoms. The second kappa shape index (κ2) is 6.56. The fourth-order valence-electron chi connectivity index (χ4n) is 0.293. The lowest BCUT2D eigenvalue weighted by atomic mass is 10.7. The third kappa shape index (κ3) is 4.64. The fraction of sp³-hybridized carbons (Fsp3) is 0.667. The van der Waals surface area contributed by atoms with E-state index in [9.17, 15) is 9.59 Å². The first-order valence-electron chi connectivity index (χ1n) is 3.39. The van der Waals surface area contributed by atoms with Crippen molar-refractivity contribution in [1.29, 1.82) is 0 Å². The Kier molecular flexibility index (Phi) is 5.94. The Bertz CT molecular complexity index is 136. The monoisotopic (exact) mass is 178 g/mol. The number of carbonyl (C=O) groups is 2. The highest BCUT2D eigenvalue weighted by atomic mass is 17.2. The maximum atomic E-state index is 10.5. The Morgan fingerprint density at radius 1 is 0.917 bits per heavy atom. The maximum absolute atomic E-state index is 10.5. The van der Waals surface area contributed by atoms with E-state index in [1.807, 2.05) is 0 Å². The topological polar surface area (TPSA) is 71.1 Å². The third-order valence-corrected chi connectivity index (χ3v) is 0.672. The van der Waals surface area contributed by atoms with Crippen LogP contribution in [0.4, 0.5) is 0 Å². The summed E-state index contributed by atoms with van der Waals surface area (Å²) in [7, 11) is 0. The summed E-state index contributed by atoms with van der Waals surface area (Å²) >= 11 is 0. The highest BCUT2D eigenvalue weighted by molar-refractivity contribution is 6.29. The van der Waals surface area contributed by atoms with Crippen molar-refractivity contribution in [3.8, 4) is 0 Å². The quantitative estimate of drug-likeness (QED) is 0.342. The summed E-state index contributed by atoms with van der Waals surface area (Å²) < 4.78 is 0. The molecule has 0 aliphatic heterocycles. The smallest absolute Gasteiger partial charge is 0.285 e. The second-order valence-corrected chi connectivity index (χ2v) is 1.55. The molecule has 0 amide bonds. The van der Waals surface area contributed by atoms with Crippen LogP contribution in [0, 0.1) is 0 Å². The molecule has 70 valence electrons. The normalized spacial score (nSPS) is 9.17. The zero-order chi connectivity index (χ0) is 9.40. The number of carbonyl (C=O) groups excluding carboxylic acids is 2. The lowest BCUT2D eigenvalue weighted by molar-refractivity contribution is -0.293. The van der Waals surface area contributed by atoms with Crippen molar-refractivity contribution in [3.05, 3.63) is 0 Å². The van der Waals surface area contributed by atoms with Crippen molar-refractivity contribution >= 4 is 11.9 Å². The van der Waals surface area contributed by atoms with Crippen LogP contribution in [0.15, 0.2) is 0 Å². The zero-order valence-corrected chi connectivity index (χ0v) is 6.86. The van der Waals surface area contributed by atoms with E-state index in [0.29, 0.717) is 0 Å². The first kappa shape index (κ1) is 10.9. The van der Waals surface area contributed by atoms with Crippen molar-refractivity contribution in [1.82, 2.24) is 0 Å². The van der Waals surface area contributed by atoms with Gasteiger partial charge in [0.05, 0.1) is 13.2 Å². The van der Waals surface area contributed by atoms with Crippen molar-refractivity contribution < 1.29 is 29.1 Å². The summed E-state index contributed by atoms with van der Waals surface area (Å²) in [5.41, 5.74) is 0. The second-order valence-electron chi connectivity index (χ2n) is 1.55. The molecule has 0 saturated carbocycles. The SMILES string of the molecule is CCOOC(=O)C(=O)OOCC. The van der Waals surface area contributed by atoms with Crippen molar-refractivity contribution in [3.63, 3.8) is 0 Å². The lowest BCUT2D eigenvalue weighted by Crippen LogP contribution is -2.20. The largest absolute Gasteiger partial charge is 0.453 e. The molecule has 6 heteroatoms. The molecule has 6 nitrogen and oxygen atoms in total. The van der Waals surface area contributed by atoms with E-state index in [0.717, 1.165) is 0 Å². The van der Waals surface area contributed by atoms with Crippen LogP contribution in [-0.2, 0) is 29.1 Å². The molecule has 0 saturated heterocycles. The van der Waals surface area contributed by atoms with Crippen molar-refractivity contribution in [2.75, 3.05) is 13.2 Å². The van der Waals surface area contributed by atoms with Gasteiger partial charge in [-0.2, -0.15) is 9.78 Å². The van der Waals surface area contributed by atoms with Gasteiger partial charge < -0.3 is 0 Å². The Labute approximate surface area is 69.2 Å². The third-order valence-electron chi connectivity index (χ3n) is 0.672. The average Bonchev–Trinajstić information content (AvgIpc) is 2.10. The van der Waals surface area contributed by atoms with Crippen LogP contribution in [-0.4, -0.2) is 25.2 Å². The van der Waals surface area contributed by atoms with E-state index in [1.54, 1.807) is 13.8 Å². The predicted octanol–water partition coefficient (Wildman–Crippen LogP) is -0.0242. The molecule has 0 spiro atoms. The van der Waals surface area contributed by atoms with Crippen LogP contribution in [0.1, 0.15) is 13.8 Å². The molecule has 0 rings (SSSR count). The fourth-order valence-corrected chi connectivity index (χ4v) is 0.293. The standard InChI is InChI=1S/C6H10O6/c1-3-9-11-5(7)6(8)12-10-4-2/h3-4H2,1-2H3. The Morgan fingerprint density at radius 2 is 1.25 bits per heavy atom. The summed E-state index contributed by atoms with van der Waals surface area (Å²) in [4.78, 5) is 37.3. The molecule has 0 aromatic rings. The maximum Gasteiger partial charge on any atom is 0.453 e. The van der Waals surface area contributed by atoms with Crippen LogP contribution in [0.25, 0.3) is 0 Å². The van der Waals surface area contributed by atoms with E-state index in [2.05, 4.69) is 19.6 Å².